The fourth-order valence-electron chi connectivity index (χ4n) is 0. The van der Waals surface area contributed by atoms with Crippen molar-refractivity contribution in [3.63, 3.8) is 0 Å². The van der Waals surface area contributed by atoms with Crippen LogP contribution in [0.1, 0.15) is 0 Å². The standard InChI is InChI=1S/C2H6OS.2C2H4.CH2O3/c1-4(2)3;2*1-2;2-1(3)4/h1-2H3;2*1-2H2;(H2,2,3,4)/p-2. The van der Waals surface area contributed by atoms with Crippen LogP contribution in [0, 0.1) is 0 Å². The molecule has 0 saturated carbocycles. The van der Waals surface area contributed by atoms with Gasteiger partial charge in [-0.05, 0) is 6.16 Å². The van der Waals surface area contributed by atoms with Crippen molar-refractivity contribution >= 4 is 17.0 Å². The second-order valence-corrected chi connectivity index (χ2v) is 2.47. The van der Waals surface area contributed by atoms with Crippen molar-refractivity contribution in [1.29, 1.82) is 0 Å². The molecule has 0 aromatic rings. The van der Waals surface area contributed by atoms with Crippen molar-refractivity contribution < 1.29 is 19.2 Å². The molecule has 0 saturated heterocycles. The van der Waals surface area contributed by atoms with Crippen LogP contribution in [0.3, 0.4) is 0 Å². The Morgan fingerprint density at radius 2 is 1.08 bits per heavy atom. The lowest BCUT2D eigenvalue weighted by Crippen LogP contribution is -2.37. The van der Waals surface area contributed by atoms with Gasteiger partial charge in [0.1, 0.15) is 0 Å². The zero-order valence-electron chi connectivity index (χ0n) is 7.37. The first-order valence-electron chi connectivity index (χ1n) is 2.60. The van der Waals surface area contributed by atoms with E-state index in [1.807, 2.05) is 0 Å². The lowest BCUT2D eigenvalue weighted by Gasteiger charge is -1.96. The van der Waals surface area contributed by atoms with Crippen molar-refractivity contribution in [2.45, 2.75) is 0 Å². The Morgan fingerprint density at radius 3 is 1.08 bits per heavy atom. The third-order valence-electron chi connectivity index (χ3n) is 0. The molecular weight excluding hydrogens is 180 g/mol. The van der Waals surface area contributed by atoms with E-state index in [1.54, 1.807) is 12.5 Å². The molecule has 0 fully saturated rings. The molecule has 0 rings (SSSR count). The van der Waals surface area contributed by atoms with E-state index in [1.165, 1.54) is 0 Å². The number of carboxylic acid groups (broad SMARTS) is 2. The summed E-state index contributed by atoms with van der Waals surface area (Å²) in [6, 6.07) is 0. The van der Waals surface area contributed by atoms with Gasteiger partial charge < -0.3 is 15.0 Å². The zero-order valence-corrected chi connectivity index (χ0v) is 8.19. The van der Waals surface area contributed by atoms with E-state index in [2.05, 4.69) is 26.3 Å². The number of hydrogen-bond donors (Lipinski definition) is 0. The highest BCUT2D eigenvalue weighted by atomic mass is 32.2. The van der Waals surface area contributed by atoms with Gasteiger partial charge in [0.05, 0.1) is 0 Å². The van der Waals surface area contributed by atoms with Gasteiger partial charge in [0.15, 0.2) is 0 Å². The average Bonchev–Trinajstić information content (AvgIpc) is 1.93. The lowest BCUT2D eigenvalue weighted by atomic mass is 11.3. The van der Waals surface area contributed by atoms with Crippen molar-refractivity contribution in [1.82, 2.24) is 0 Å². The Balaban J connectivity index is -0.0000000380. The summed E-state index contributed by atoms with van der Waals surface area (Å²) < 4.78 is 9.56. The maximum absolute atomic E-state index is 9.56. The molecule has 0 N–H and O–H groups in total. The maximum atomic E-state index is 9.56. The summed E-state index contributed by atoms with van der Waals surface area (Å²) in [5.74, 6) is 0. The molecule has 5 heteroatoms. The van der Waals surface area contributed by atoms with Crippen LogP contribution in [0.4, 0.5) is 4.79 Å². The van der Waals surface area contributed by atoms with Gasteiger partial charge in [-0.3, -0.25) is 4.21 Å². The normalized spacial score (nSPS) is 5.58. The topological polar surface area (TPSA) is 80.3 Å². The minimum absolute atomic E-state index is 0.611. The number of carbonyl (C=O) groups excluding carboxylic acids is 1. The van der Waals surface area contributed by atoms with Gasteiger partial charge in [0.2, 0.25) is 0 Å². The minimum Gasteiger partial charge on any atom is -0.652 e. The molecular formula is C7H14O4S-2. The molecule has 0 aromatic carbocycles. The summed E-state index contributed by atoms with van der Waals surface area (Å²) >= 11 is 0. The predicted molar refractivity (Wildman–Crippen MR) is 47.9 cm³/mol. The van der Waals surface area contributed by atoms with Crippen LogP contribution < -0.4 is 10.2 Å². The smallest absolute Gasteiger partial charge is 0.0148 e. The van der Waals surface area contributed by atoms with Gasteiger partial charge in [-0.15, -0.1) is 26.3 Å². The zero-order chi connectivity index (χ0) is 11.2. The highest BCUT2D eigenvalue weighted by Gasteiger charge is 1.57. The highest BCUT2D eigenvalue weighted by Crippen LogP contribution is 1.47. The largest absolute Gasteiger partial charge is 0.652 e. The Kier molecular flexibility index (Phi) is 61.1. The van der Waals surface area contributed by atoms with Crippen molar-refractivity contribution in [3.8, 4) is 0 Å². The molecule has 74 valence electrons. The van der Waals surface area contributed by atoms with Crippen LogP contribution in [-0.4, -0.2) is 22.9 Å². The molecule has 4 nitrogen and oxygen atoms in total. The Morgan fingerprint density at radius 1 is 1.08 bits per heavy atom. The molecule has 0 heterocycles. The Hall–Kier alpha value is -1.10. The first-order chi connectivity index (χ1) is 5.46. The molecule has 0 aliphatic carbocycles. The van der Waals surface area contributed by atoms with Gasteiger partial charge in [-0.1, -0.05) is 0 Å². The fourth-order valence-corrected chi connectivity index (χ4v) is 0. The quantitative estimate of drug-likeness (QED) is 0.470. The van der Waals surface area contributed by atoms with E-state index in [0.29, 0.717) is 0 Å². The van der Waals surface area contributed by atoms with E-state index in [9.17, 15) is 4.21 Å². The minimum atomic E-state index is -2.33. The van der Waals surface area contributed by atoms with Crippen LogP contribution in [0.2, 0.25) is 0 Å². The number of rotatable bonds is 0. The molecule has 0 aliphatic heterocycles. The maximum Gasteiger partial charge on any atom is 0.0148 e. The van der Waals surface area contributed by atoms with Gasteiger partial charge in [0.25, 0.3) is 0 Å². The first kappa shape index (κ1) is 22.4. The third-order valence-corrected chi connectivity index (χ3v) is 0. The van der Waals surface area contributed by atoms with Crippen molar-refractivity contribution in [3.05, 3.63) is 26.3 Å². The Bertz CT molecular complexity index is 92.0. The second-order valence-electron chi connectivity index (χ2n) is 0.992. The van der Waals surface area contributed by atoms with E-state index < -0.39 is 17.0 Å². The van der Waals surface area contributed by atoms with Crippen LogP contribution >= 0.6 is 0 Å². The van der Waals surface area contributed by atoms with Crippen LogP contribution in [0.5, 0.6) is 0 Å². The molecule has 0 aromatic heterocycles. The number of hydrogen-bond acceptors (Lipinski definition) is 4. The van der Waals surface area contributed by atoms with Gasteiger partial charge in [-0.2, -0.15) is 0 Å². The van der Waals surface area contributed by atoms with E-state index >= 15 is 0 Å². The molecule has 12 heavy (non-hydrogen) atoms. The summed E-state index contributed by atoms with van der Waals surface area (Å²) in [4.78, 5) is 8.33. The van der Waals surface area contributed by atoms with E-state index in [-0.39, 0.29) is 0 Å². The van der Waals surface area contributed by atoms with Gasteiger partial charge in [0, 0.05) is 23.3 Å². The average molecular weight is 194 g/mol. The summed E-state index contributed by atoms with van der Waals surface area (Å²) in [6.45, 7) is 12.0. The van der Waals surface area contributed by atoms with E-state index in [0.717, 1.165) is 0 Å². The summed E-state index contributed by atoms with van der Waals surface area (Å²) in [6.07, 6.45) is 0.944. The van der Waals surface area contributed by atoms with Crippen LogP contribution in [-0.2, 0) is 10.8 Å². The summed E-state index contributed by atoms with van der Waals surface area (Å²) in [7, 11) is -0.611. The second kappa shape index (κ2) is 32.7. The van der Waals surface area contributed by atoms with E-state index in [4.69, 9.17) is 15.0 Å². The summed E-state index contributed by atoms with van der Waals surface area (Å²) in [5.41, 5.74) is 0. The first-order valence-corrected chi connectivity index (χ1v) is 4.56. The Labute approximate surface area is 75.7 Å². The lowest BCUT2D eigenvalue weighted by molar-refractivity contribution is -0.415. The predicted octanol–water partition coefficient (Wildman–Crippen LogP) is -0.848. The third kappa shape index (κ3) is 459. The van der Waals surface area contributed by atoms with Crippen LogP contribution in [0.15, 0.2) is 26.3 Å². The molecule has 0 aliphatic rings. The molecule has 0 amide bonds. The molecule has 0 atom stereocenters. The fraction of sp³-hybridized carbons (Fsp3) is 0.286. The monoisotopic (exact) mass is 194 g/mol. The molecule has 0 bridgehead atoms. The SMILES string of the molecule is C=C.C=C.CS(C)=O.O=C([O-])[O-]. The van der Waals surface area contributed by atoms with Gasteiger partial charge >= 0.3 is 0 Å². The van der Waals surface area contributed by atoms with Crippen LogP contribution in [0.25, 0.3) is 0 Å². The van der Waals surface area contributed by atoms with Crippen molar-refractivity contribution in [2.75, 3.05) is 12.5 Å². The molecule has 0 radical (unpaired) electrons. The molecule has 0 spiro atoms. The van der Waals surface area contributed by atoms with Crippen molar-refractivity contribution in [2.24, 2.45) is 0 Å². The highest BCUT2D eigenvalue weighted by molar-refractivity contribution is 7.83. The number of carbonyl (C=O) groups is 1. The summed E-state index contributed by atoms with van der Waals surface area (Å²) in [5, 5.41) is 16.7. The molecule has 0 unspecified atom stereocenters. The van der Waals surface area contributed by atoms with Gasteiger partial charge in [-0.25, -0.2) is 0 Å².